The quantitative estimate of drug-likeness (QED) is 0.399. The first-order valence-electron chi connectivity index (χ1n) is 10.6. The molecule has 0 spiro atoms. The highest BCUT2D eigenvalue weighted by Crippen LogP contribution is 2.30. The van der Waals surface area contributed by atoms with Crippen LogP contribution in [0.3, 0.4) is 0 Å². The molecule has 4 aromatic heterocycles. The molecule has 1 saturated heterocycles. The van der Waals surface area contributed by atoms with Gasteiger partial charge in [0.1, 0.15) is 11.2 Å². The molecular weight excluding hydrogens is 442 g/mol. The van der Waals surface area contributed by atoms with Gasteiger partial charge in [-0.1, -0.05) is 18.2 Å². The third-order valence-electron chi connectivity index (χ3n) is 5.99. The van der Waals surface area contributed by atoms with Gasteiger partial charge in [-0.15, -0.1) is 5.10 Å². The summed E-state index contributed by atoms with van der Waals surface area (Å²) >= 11 is 0. The molecule has 11 nitrogen and oxygen atoms in total. The molecule has 1 aliphatic heterocycles. The van der Waals surface area contributed by atoms with Crippen LogP contribution < -0.4 is 0 Å². The molecule has 0 bridgehead atoms. The van der Waals surface area contributed by atoms with E-state index < -0.39 is 10.0 Å². The van der Waals surface area contributed by atoms with E-state index in [1.807, 2.05) is 30.3 Å². The van der Waals surface area contributed by atoms with Gasteiger partial charge in [-0.25, -0.2) is 27.6 Å². The maximum Gasteiger partial charge on any atom is 0.246 e. The summed E-state index contributed by atoms with van der Waals surface area (Å²) in [5.41, 5.74) is 2.26. The van der Waals surface area contributed by atoms with Crippen LogP contribution in [0.5, 0.6) is 0 Å². The maximum atomic E-state index is 13.1. The molecule has 0 N–H and O–H groups in total. The second-order valence-corrected chi connectivity index (χ2v) is 10.1. The monoisotopic (exact) mass is 463 g/mol. The number of aryl methyl sites for hydroxylation is 1. The molecule has 1 aromatic carbocycles. The number of nitrogens with zero attached hydrogens (tertiary/aromatic N) is 9. The Balaban J connectivity index is 1.35. The van der Waals surface area contributed by atoms with E-state index in [2.05, 4.69) is 20.3 Å². The van der Waals surface area contributed by atoms with Crippen molar-refractivity contribution in [2.75, 3.05) is 13.1 Å². The fourth-order valence-electron chi connectivity index (χ4n) is 4.32. The van der Waals surface area contributed by atoms with E-state index in [1.54, 1.807) is 28.8 Å². The highest BCUT2D eigenvalue weighted by atomic mass is 32.2. The van der Waals surface area contributed by atoms with Crippen molar-refractivity contribution in [3.63, 3.8) is 0 Å². The zero-order valence-corrected chi connectivity index (χ0v) is 18.7. The predicted octanol–water partition coefficient (Wildman–Crippen LogP) is 1.76. The van der Waals surface area contributed by atoms with E-state index in [0.29, 0.717) is 30.2 Å². The minimum atomic E-state index is -3.61. The molecule has 33 heavy (non-hydrogen) atoms. The second-order valence-electron chi connectivity index (χ2n) is 8.16. The Labute approximate surface area is 189 Å². The van der Waals surface area contributed by atoms with Gasteiger partial charge in [0.15, 0.2) is 17.1 Å². The topological polar surface area (TPSA) is 116 Å². The van der Waals surface area contributed by atoms with E-state index in [1.165, 1.54) is 21.4 Å². The summed E-state index contributed by atoms with van der Waals surface area (Å²) in [5.74, 6) is 0.507. The molecule has 1 unspecified atom stereocenters. The Morgan fingerprint density at radius 1 is 1.06 bits per heavy atom. The van der Waals surface area contributed by atoms with Crippen LogP contribution in [0.2, 0.25) is 0 Å². The molecule has 5 heterocycles. The van der Waals surface area contributed by atoms with Gasteiger partial charge in [-0.2, -0.15) is 14.5 Å². The molecule has 6 rings (SSSR count). The minimum Gasteiger partial charge on any atom is -0.274 e. The lowest BCUT2D eigenvalue weighted by Crippen LogP contribution is -2.39. The molecule has 1 atom stereocenters. The van der Waals surface area contributed by atoms with Crippen molar-refractivity contribution in [2.24, 2.45) is 7.05 Å². The smallest absolute Gasteiger partial charge is 0.246 e. The third-order valence-corrected chi connectivity index (χ3v) is 7.81. The number of aromatic nitrogens is 8. The lowest BCUT2D eigenvalue weighted by Gasteiger charge is -2.30. The van der Waals surface area contributed by atoms with Crippen molar-refractivity contribution < 1.29 is 8.42 Å². The van der Waals surface area contributed by atoms with Crippen molar-refractivity contribution in [1.82, 2.24) is 43.4 Å². The molecule has 0 saturated carbocycles. The van der Waals surface area contributed by atoms with Gasteiger partial charge in [0.2, 0.25) is 10.0 Å². The summed E-state index contributed by atoms with van der Waals surface area (Å²) in [6.45, 7) is 0.796. The lowest BCUT2D eigenvalue weighted by molar-refractivity contribution is 0.309. The zero-order chi connectivity index (χ0) is 22.6. The fraction of sp³-hybridized carbons (Fsp3) is 0.286. The number of benzene rings is 1. The van der Waals surface area contributed by atoms with Crippen molar-refractivity contribution in [3.8, 4) is 5.69 Å². The van der Waals surface area contributed by atoms with Gasteiger partial charge in [0.25, 0.3) is 0 Å². The summed E-state index contributed by atoms with van der Waals surface area (Å²) in [6, 6.07) is 9.78. The van der Waals surface area contributed by atoms with Gasteiger partial charge in [0.05, 0.1) is 23.5 Å². The first-order chi connectivity index (χ1) is 16.0. The van der Waals surface area contributed by atoms with Gasteiger partial charge in [-0.05, 0) is 25.0 Å². The normalized spacial score (nSPS) is 17.8. The molecule has 1 fully saturated rings. The highest BCUT2D eigenvalue weighted by molar-refractivity contribution is 7.89. The molecule has 168 valence electrons. The van der Waals surface area contributed by atoms with Gasteiger partial charge in [-0.3, -0.25) is 4.68 Å². The van der Waals surface area contributed by atoms with Crippen LogP contribution in [0.1, 0.15) is 24.6 Å². The summed E-state index contributed by atoms with van der Waals surface area (Å²) < 4.78 is 32.5. The Morgan fingerprint density at radius 3 is 2.70 bits per heavy atom. The first kappa shape index (κ1) is 20.0. The van der Waals surface area contributed by atoms with Crippen molar-refractivity contribution in [3.05, 3.63) is 61.1 Å². The maximum absolute atomic E-state index is 13.1. The number of sulfonamides is 1. The van der Waals surface area contributed by atoms with Crippen LogP contribution >= 0.6 is 0 Å². The van der Waals surface area contributed by atoms with Gasteiger partial charge >= 0.3 is 0 Å². The molecule has 12 heteroatoms. The Morgan fingerprint density at radius 2 is 1.91 bits per heavy atom. The van der Waals surface area contributed by atoms with E-state index in [9.17, 15) is 8.42 Å². The average molecular weight is 464 g/mol. The number of rotatable bonds is 4. The standard InChI is InChI=1S/C21H21N9O2S/c1-27-13-17(10-23-27)33(31,32)28-9-5-6-15(12-28)19-25-21-18-11-24-30(16-7-3-2-4-8-16)20(18)22-14-29(21)26-19/h2-4,7-8,10-11,13-15H,5-6,9,12H2,1H3. The number of fused-ring (bicyclic) bond motifs is 3. The summed E-state index contributed by atoms with van der Waals surface area (Å²) in [7, 11) is -1.91. The lowest BCUT2D eigenvalue weighted by atomic mass is 9.99. The minimum absolute atomic E-state index is 0.107. The number of piperidine rings is 1. The van der Waals surface area contributed by atoms with Crippen LogP contribution in [0.25, 0.3) is 22.4 Å². The van der Waals surface area contributed by atoms with Crippen LogP contribution in [-0.4, -0.2) is 65.0 Å². The molecule has 0 radical (unpaired) electrons. The number of para-hydroxylation sites is 1. The predicted molar refractivity (Wildman–Crippen MR) is 119 cm³/mol. The third kappa shape index (κ3) is 3.29. The first-order valence-corrected chi connectivity index (χ1v) is 12.1. The van der Waals surface area contributed by atoms with Crippen LogP contribution in [0.15, 0.2) is 60.1 Å². The Hall–Kier alpha value is -3.64. The Kier molecular flexibility index (Phi) is 4.52. The van der Waals surface area contributed by atoms with E-state index in [4.69, 9.17) is 4.98 Å². The molecule has 1 aliphatic rings. The van der Waals surface area contributed by atoms with E-state index in [0.717, 1.165) is 23.9 Å². The van der Waals surface area contributed by atoms with Crippen molar-refractivity contribution in [2.45, 2.75) is 23.7 Å². The van der Waals surface area contributed by atoms with Gasteiger partial charge < -0.3 is 0 Å². The molecular formula is C21H21N9O2S. The van der Waals surface area contributed by atoms with Crippen LogP contribution in [0.4, 0.5) is 0 Å². The molecule has 0 amide bonds. The molecule has 5 aromatic rings. The number of hydrogen-bond donors (Lipinski definition) is 0. The largest absolute Gasteiger partial charge is 0.274 e. The summed E-state index contributed by atoms with van der Waals surface area (Å²) in [5, 5.41) is 13.9. The highest BCUT2D eigenvalue weighted by Gasteiger charge is 2.33. The SMILES string of the molecule is Cn1cc(S(=O)(=O)N2CCCC(c3nc4c5cnn(-c6ccccc6)c5ncn4n3)C2)cn1. The van der Waals surface area contributed by atoms with Crippen LogP contribution in [-0.2, 0) is 17.1 Å². The number of hydrogen-bond acceptors (Lipinski definition) is 7. The van der Waals surface area contributed by atoms with Gasteiger partial charge in [0, 0.05) is 32.3 Å². The van der Waals surface area contributed by atoms with Crippen molar-refractivity contribution in [1.29, 1.82) is 0 Å². The summed E-state index contributed by atoms with van der Waals surface area (Å²) in [4.78, 5) is 9.53. The van der Waals surface area contributed by atoms with E-state index >= 15 is 0 Å². The Bertz CT molecular complexity index is 1570. The fourth-order valence-corrected chi connectivity index (χ4v) is 5.83. The summed E-state index contributed by atoms with van der Waals surface area (Å²) in [6.07, 6.45) is 7.82. The van der Waals surface area contributed by atoms with E-state index in [-0.39, 0.29) is 10.8 Å². The average Bonchev–Trinajstić information content (AvgIpc) is 3.57. The van der Waals surface area contributed by atoms with Crippen LogP contribution in [0, 0.1) is 0 Å². The zero-order valence-electron chi connectivity index (χ0n) is 17.9. The molecule has 0 aliphatic carbocycles. The second kappa shape index (κ2) is 7.46. The van der Waals surface area contributed by atoms with Crippen molar-refractivity contribution >= 4 is 26.7 Å².